The van der Waals surface area contributed by atoms with Gasteiger partial charge in [0.25, 0.3) is 0 Å². The summed E-state index contributed by atoms with van der Waals surface area (Å²) in [7, 11) is 0. The van der Waals surface area contributed by atoms with Crippen molar-refractivity contribution in [1.29, 1.82) is 0 Å². The van der Waals surface area contributed by atoms with Crippen molar-refractivity contribution >= 4 is 50.8 Å². The predicted octanol–water partition coefficient (Wildman–Crippen LogP) is 3.39. The van der Waals surface area contributed by atoms with Crippen molar-refractivity contribution in [3.8, 4) is 0 Å². The number of anilines is 2. The molecule has 11 heteroatoms. The Bertz CT molecular complexity index is 1160. The second-order valence-corrected chi connectivity index (χ2v) is 9.09. The number of aryl methyl sites for hydroxylation is 1. The minimum absolute atomic E-state index is 0.0478. The molecule has 1 fully saturated rings. The molecule has 1 aliphatic rings. The molecule has 0 unspecified atom stereocenters. The quantitative estimate of drug-likeness (QED) is 0.491. The summed E-state index contributed by atoms with van der Waals surface area (Å²) in [5.41, 5.74) is 2.04. The lowest BCUT2D eigenvalue weighted by molar-refractivity contribution is -0.118. The number of thiazole rings is 2. The molecule has 3 amide bonds. The average Bonchev–Trinajstić information content (AvgIpc) is 3.53. The van der Waals surface area contributed by atoms with E-state index < -0.39 is 5.97 Å². The number of esters is 1. The first-order valence-electron chi connectivity index (χ1n) is 10.4. The number of hydrogen-bond donors (Lipinski definition) is 1. The summed E-state index contributed by atoms with van der Waals surface area (Å²) in [6.45, 7) is 5.16. The average molecular weight is 486 g/mol. The van der Waals surface area contributed by atoms with Crippen molar-refractivity contribution in [2.24, 2.45) is 0 Å². The molecular formula is C22H23N5O4S2. The zero-order valence-corrected chi connectivity index (χ0v) is 19.9. The molecular weight excluding hydrogens is 462 g/mol. The summed E-state index contributed by atoms with van der Waals surface area (Å²) in [6.07, 6.45) is 0.0478. The highest BCUT2D eigenvalue weighted by Crippen LogP contribution is 2.29. The van der Waals surface area contributed by atoms with Gasteiger partial charge in [0.2, 0.25) is 5.91 Å². The first-order chi connectivity index (χ1) is 16.0. The fraction of sp³-hybridized carbons (Fsp3) is 0.318. The van der Waals surface area contributed by atoms with Crippen molar-refractivity contribution in [3.63, 3.8) is 0 Å². The molecule has 0 atom stereocenters. The monoisotopic (exact) mass is 485 g/mol. The van der Waals surface area contributed by atoms with Gasteiger partial charge < -0.3 is 10.1 Å². The second-order valence-electron chi connectivity index (χ2n) is 7.28. The molecule has 0 aliphatic carbocycles. The molecule has 1 saturated heterocycles. The van der Waals surface area contributed by atoms with Crippen LogP contribution in [-0.4, -0.2) is 47.6 Å². The van der Waals surface area contributed by atoms with E-state index in [0.717, 1.165) is 16.9 Å². The third kappa shape index (κ3) is 5.20. The van der Waals surface area contributed by atoms with E-state index in [1.54, 1.807) is 29.0 Å². The van der Waals surface area contributed by atoms with Crippen LogP contribution in [0.25, 0.3) is 0 Å². The number of ether oxygens (including phenoxy) is 1. The van der Waals surface area contributed by atoms with Crippen molar-refractivity contribution < 1.29 is 19.1 Å². The first-order valence-corrected chi connectivity index (χ1v) is 12.1. The Morgan fingerprint density at radius 1 is 1.24 bits per heavy atom. The van der Waals surface area contributed by atoms with E-state index in [0.29, 0.717) is 46.2 Å². The van der Waals surface area contributed by atoms with Gasteiger partial charge in [0.05, 0.1) is 31.0 Å². The number of carbonyl (C=O) groups is 3. The highest BCUT2D eigenvalue weighted by atomic mass is 32.1. The van der Waals surface area contributed by atoms with Gasteiger partial charge in [-0.05, 0) is 19.4 Å². The second kappa shape index (κ2) is 10.1. The van der Waals surface area contributed by atoms with E-state index in [1.165, 1.54) is 11.3 Å². The Hall–Kier alpha value is -3.31. The molecule has 3 aromatic rings. The lowest BCUT2D eigenvalue weighted by atomic mass is 10.2. The number of nitrogens with one attached hydrogen (secondary N) is 1. The van der Waals surface area contributed by atoms with Gasteiger partial charge in [-0.25, -0.2) is 19.6 Å². The van der Waals surface area contributed by atoms with Crippen molar-refractivity contribution in [2.45, 2.75) is 26.8 Å². The highest BCUT2D eigenvalue weighted by Gasteiger charge is 2.27. The first kappa shape index (κ1) is 22.9. The minimum Gasteiger partial charge on any atom is -0.462 e. The lowest BCUT2D eigenvalue weighted by Crippen LogP contribution is -2.32. The maximum atomic E-state index is 13.4. The van der Waals surface area contributed by atoms with Crippen LogP contribution in [0.1, 0.15) is 33.5 Å². The smallest absolute Gasteiger partial charge is 0.350 e. The van der Waals surface area contributed by atoms with Crippen LogP contribution in [0.15, 0.2) is 35.7 Å². The molecule has 3 heterocycles. The van der Waals surface area contributed by atoms with Crippen LogP contribution < -0.4 is 15.1 Å². The number of benzene rings is 1. The normalized spacial score (nSPS) is 13.2. The van der Waals surface area contributed by atoms with Crippen LogP contribution in [0.4, 0.5) is 15.1 Å². The van der Waals surface area contributed by atoms with E-state index in [9.17, 15) is 14.4 Å². The van der Waals surface area contributed by atoms with Gasteiger partial charge in [-0.3, -0.25) is 14.6 Å². The van der Waals surface area contributed by atoms with Crippen LogP contribution in [0.2, 0.25) is 0 Å². The fourth-order valence-corrected chi connectivity index (χ4v) is 5.14. The summed E-state index contributed by atoms with van der Waals surface area (Å²) >= 11 is 2.47. The topological polar surface area (TPSA) is 105 Å². The van der Waals surface area contributed by atoms with E-state index in [1.807, 2.05) is 30.3 Å². The maximum Gasteiger partial charge on any atom is 0.350 e. The molecule has 0 radical (unpaired) electrons. The third-order valence-corrected chi connectivity index (χ3v) is 6.99. The number of hydrogen-bond acceptors (Lipinski definition) is 8. The summed E-state index contributed by atoms with van der Waals surface area (Å²) in [6, 6.07) is 9.40. The van der Waals surface area contributed by atoms with Crippen molar-refractivity contribution in [2.75, 3.05) is 29.5 Å². The highest BCUT2D eigenvalue weighted by molar-refractivity contribution is 7.17. The molecule has 0 bridgehead atoms. The predicted molar refractivity (Wildman–Crippen MR) is 127 cm³/mol. The van der Waals surface area contributed by atoms with E-state index in [2.05, 4.69) is 15.3 Å². The van der Waals surface area contributed by atoms with Gasteiger partial charge in [0, 0.05) is 18.5 Å². The summed E-state index contributed by atoms with van der Waals surface area (Å²) in [4.78, 5) is 50.0. The number of carbonyl (C=O) groups excluding carboxylic acids is 3. The Kier molecular flexibility index (Phi) is 6.99. The Morgan fingerprint density at radius 2 is 2.03 bits per heavy atom. The van der Waals surface area contributed by atoms with Crippen molar-refractivity contribution in [3.05, 3.63) is 57.5 Å². The standard InChI is InChI=1S/C22H23N5O4S2/c1-3-31-19(29)18-14(2)24-22(33-18)27(12-15-7-5-4-6-8-15)17(28)11-16-13-32-21(25-16)26-10-9-23-20(26)30/h4-8,13H,3,9-12H2,1-2H3,(H,23,30). The Morgan fingerprint density at radius 3 is 2.73 bits per heavy atom. The van der Waals surface area contributed by atoms with Crippen molar-refractivity contribution in [1.82, 2.24) is 15.3 Å². The van der Waals surface area contributed by atoms with Gasteiger partial charge in [-0.1, -0.05) is 41.7 Å². The minimum atomic E-state index is -0.445. The molecule has 1 N–H and O–H groups in total. The number of rotatable bonds is 8. The lowest BCUT2D eigenvalue weighted by Gasteiger charge is -2.19. The SMILES string of the molecule is CCOC(=O)c1sc(N(Cc2ccccc2)C(=O)Cc2csc(N3CCNC3=O)n2)nc1C. The molecule has 172 valence electrons. The van der Waals surface area contributed by atoms with Crippen LogP contribution >= 0.6 is 22.7 Å². The maximum absolute atomic E-state index is 13.4. The largest absolute Gasteiger partial charge is 0.462 e. The Labute approximate surface area is 199 Å². The third-order valence-electron chi connectivity index (χ3n) is 4.92. The Balaban J connectivity index is 1.58. The molecule has 4 rings (SSSR count). The molecule has 0 saturated carbocycles. The number of amides is 3. The summed E-state index contributed by atoms with van der Waals surface area (Å²) in [5, 5.41) is 5.53. The van der Waals surface area contributed by atoms with Crippen LogP contribution in [0.3, 0.4) is 0 Å². The fourth-order valence-electron chi connectivity index (χ4n) is 3.32. The number of urea groups is 1. The number of aromatic nitrogens is 2. The molecule has 2 aromatic heterocycles. The summed E-state index contributed by atoms with van der Waals surface area (Å²) < 4.78 is 5.12. The molecule has 1 aliphatic heterocycles. The van der Waals surface area contributed by atoms with Crippen LogP contribution in [0, 0.1) is 6.92 Å². The van der Waals surface area contributed by atoms with Gasteiger partial charge in [0.1, 0.15) is 4.88 Å². The number of nitrogens with zero attached hydrogens (tertiary/aromatic N) is 4. The zero-order chi connectivity index (χ0) is 23.4. The molecule has 33 heavy (non-hydrogen) atoms. The zero-order valence-electron chi connectivity index (χ0n) is 18.2. The van der Waals surface area contributed by atoms with Gasteiger partial charge in [0.15, 0.2) is 10.3 Å². The molecule has 0 spiro atoms. The van der Waals surface area contributed by atoms with Crippen LogP contribution in [-0.2, 0) is 22.5 Å². The van der Waals surface area contributed by atoms with Crippen LogP contribution in [0.5, 0.6) is 0 Å². The molecule has 1 aromatic carbocycles. The van der Waals surface area contributed by atoms with E-state index in [-0.39, 0.29) is 25.0 Å². The molecule has 9 nitrogen and oxygen atoms in total. The van der Waals surface area contributed by atoms with E-state index in [4.69, 9.17) is 4.74 Å². The van der Waals surface area contributed by atoms with Gasteiger partial charge in [-0.15, -0.1) is 11.3 Å². The van der Waals surface area contributed by atoms with Gasteiger partial charge >= 0.3 is 12.0 Å². The van der Waals surface area contributed by atoms with Gasteiger partial charge in [-0.2, -0.15) is 0 Å². The van der Waals surface area contributed by atoms with E-state index >= 15 is 0 Å². The summed E-state index contributed by atoms with van der Waals surface area (Å²) in [5.74, 6) is -0.648.